The number of carbonyl (C=O) groups excluding carboxylic acids is 2. The molecule has 0 saturated carbocycles. The molecule has 0 spiro atoms. The molecule has 0 saturated heterocycles. The van der Waals surface area contributed by atoms with E-state index >= 15 is 0 Å². The highest BCUT2D eigenvalue weighted by Gasteiger charge is 2.32. The summed E-state index contributed by atoms with van der Waals surface area (Å²) in [6.45, 7) is -0.307. The van der Waals surface area contributed by atoms with Crippen LogP contribution in [0.1, 0.15) is 22.3 Å². The molecule has 0 unspecified atom stereocenters. The first-order chi connectivity index (χ1) is 19.4. The van der Waals surface area contributed by atoms with Crippen LogP contribution in [0.25, 0.3) is 0 Å². The predicted octanol–water partition coefficient (Wildman–Crippen LogP) is 3.96. The van der Waals surface area contributed by atoms with Crippen molar-refractivity contribution in [3.8, 4) is 0 Å². The number of hydroxylamine groups is 4. The van der Waals surface area contributed by atoms with E-state index in [0.29, 0.717) is 0 Å². The third kappa shape index (κ3) is 7.72. The zero-order valence-corrected chi connectivity index (χ0v) is 21.0. The van der Waals surface area contributed by atoms with Crippen molar-refractivity contribution in [3.05, 3.63) is 94.3 Å². The Bertz CT molecular complexity index is 1280. The van der Waals surface area contributed by atoms with Gasteiger partial charge in [-0.3, -0.25) is 9.59 Å². The summed E-state index contributed by atoms with van der Waals surface area (Å²) in [7, 11) is 0. The number of carbonyl (C=O) groups is 2. The van der Waals surface area contributed by atoms with E-state index in [4.69, 9.17) is 4.94 Å². The highest BCUT2D eigenvalue weighted by Crippen LogP contribution is 2.30. The maximum atomic E-state index is 13.4. The third-order valence-electron chi connectivity index (χ3n) is 5.72. The van der Waals surface area contributed by atoms with E-state index in [-0.39, 0.29) is 35.6 Å². The zero-order valence-electron chi connectivity index (χ0n) is 21.0. The van der Waals surface area contributed by atoms with Crippen LogP contribution in [-0.2, 0) is 40.0 Å². The number of amides is 2. The first-order valence-corrected chi connectivity index (χ1v) is 12.0. The summed E-state index contributed by atoms with van der Waals surface area (Å²) in [5, 5.41) is 6.99. The van der Waals surface area contributed by atoms with E-state index in [1.807, 2.05) is 0 Å². The Morgan fingerprint density at radius 1 is 0.683 bits per heavy atom. The average molecular weight is 580 g/mol. The van der Waals surface area contributed by atoms with Gasteiger partial charge in [-0.1, -0.05) is 24.3 Å². The molecule has 2 aromatic carbocycles. The number of nitrogens with zero attached hydrogens (tertiary/aromatic N) is 4. The maximum Gasteiger partial charge on any atom is 0.416 e. The van der Waals surface area contributed by atoms with Crippen LogP contribution >= 0.6 is 0 Å². The number of nitrogens with one attached hydrogen (secondary N) is 2. The van der Waals surface area contributed by atoms with Gasteiger partial charge in [-0.2, -0.15) is 36.5 Å². The molecule has 9 nitrogen and oxygen atoms in total. The summed E-state index contributed by atoms with van der Waals surface area (Å²) >= 11 is 0. The summed E-state index contributed by atoms with van der Waals surface area (Å²) in [6, 6.07) is 7.92. The van der Waals surface area contributed by atoms with Gasteiger partial charge >= 0.3 is 12.4 Å². The van der Waals surface area contributed by atoms with E-state index in [0.717, 1.165) is 58.7 Å². The van der Waals surface area contributed by atoms with Crippen molar-refractivity contribution in [2.75, 3.05) is 13.1 Å². The summed E-state index contributed by atoms with van der Waals surface area (Å²) in [4.78, 5) is 40.4. The van der Waals surface area contributed by atoms with Gasteiger partial charge < -0.3 is 10.6 Å². The molecule has 2 aromatic rings. The zero-order chi connectivity index (χ0) is 29.6. The molecule has 0 bridgehead atoms. The van der Waals surface area contributed by atoms with Crippen LogP contribution in [0.15, 0.2) is 82.1 Å². The Morgan fingerprint density at radius 2 is 1.05 bits per heavy atom. The number of hydrogen-bond acceptors (Lipinski definition) is 7. The number of benzene rings is 2. The van der Waals surface area contributed by atoms with Gasteiger partial charge in [0, 0.05) is 13.1 Å². The summed E-state index contributed by atoms with van der Waals surface area (Å²) in [5.74, 6) is -1.65. The maximum absolute atomic E-state index is 13.4. The van der Waals surface area contributed by atoms with Gasteiger partial charge in [0.25, 0.3) is 11.8 Å². The molecular formula is C26H22F6N6O3. The Morgan fingerprint density at radius 3 is 1.34 bits per heavy atom. The van der Waals surface area contributed by atoms with Gasteiger partial charge in [-0.25, -0.2) is 9.98 Å². The minimum atomic E-state index is -4.58. The molecule has 2 aliphatic heterocycles. The molecular weight excluding hydrogens is 558 g/mol. The number of halogens is 6. The Labute approximate surface area is 229 Å². The highest BCUT2D eigenvalue weighted by molar-refractivity contribution is 5.95. The average Bonchev–Trinajstić information content (AvgIpc) is 2.96. The van der Waals surface area contributed by atoms with E-state index < -0.39 is 48.4 Å². The van der Waals surface area contributed by atoms with Crippen LogP contribution in [-0.4, -0.2) is 47.7 Å². The number of hydrogen-bond donors (Lipinski definition) is 2. The van der Waals surface area contributed by atoms with Crippen LogP contribution in [0.3, 0.4) is 0 Å². The van der Waals surface area contributed by atoms with Crippen LogP contribution in [0.5, 0.6) is 0 Å². The molecule has 0 aliphatic carbocycles. The second-order valence-corrected chi connectivity index (χ2v) is 8.67. The van der Waals surface area contributed by atoms with Crippen LogP contribution in [0.4, 0.5) is 26.3 Å². The van der Waals surface area contributed by atoms with E-state index in [1.54, 1.807) is 0 Å². The Kier molecular flexibility index (Phi) is 8.76. The summed E-state index contributed by atoms with van der Waals surface area (Å²) < 4.78 is 78.3. The third-order valence-corrected chi connectivity index (χ3v) is 5.72. The van der Waals surface area contributed by atoms with Crippen molar-refractivity contribution in [2.45, 2.75) is 25.4 Å². The molecule has 15 heteroatoms. The molecule has 0 aromatic heterocycles. The van der Waals surface area contributed by atoms with Crippen LogP contribution < -0.4 is 10.6 Å². The van der Waals surface area contributed by atoms with Crippen LogP contribution in [0.2, 0.25) is 0 Å². The largest absolute Gasteiger partial charge is 0.416 e. The fourth-order valence-corrected chi connectivity index (χ4v) is 3.62. The quantitative estimate of drug-likeness (QED) is 0.364. The van der Waals surface area contributed by atoms with Gasteiger partial charge in [0.2, 0.25) is 0 Å². The molecule has 2 amide bonds. The molecule has 216 valence electrons. The van der Waals surface area contributed by atoms with Gasteiger partial charge in [0.05, 0.1) is 36.9 Å². The monoisotopic (exact) mass is 580 g/mol. The van der Waals surface area contributed by atoms with Crippen LogP contribution in [0, 0.1) is 0 Å². The number of alkyl halides is 6. The molecule has 0 radical (unpaired) electrons. The van der Waals surface area contributed by atoms with Gasteiger partial charge in [-0.05, 0) is 47.5 Å². The topological polar surface area (TPSA) is 98.6 Å². The first-order valence-electron chi connectivity index (χ1n) is 12.0. The van der Waals surface area contributed by atoms with Crippen molar-refractivity contribution >= 4 is 24.5 Å². The fraction of sp³-hybridized carbons (Fsp3) is 0.231. The second kappa shape index (κ2) is 12.2. The predicted molar refractivity (Wildman–Crippen MR) is 134 cm³/mol. The smallest absolute Gasteiger partial charge is 0.373 e. The van der Waals surface area contributed by atoms with Crippen molar-refractivity contribution in [2.24, 2.45) is 9.98 Å². The van der Waals surface area contributed by atoms with Crippen molar-refractivity contribution in [1.29, 1.82) is 0 Å². The minimum Gasteiger partial charge on any atom is -0.373 e. The number of aliphatic imine (C=N–C) groups is 2. The molecule has 0 fully saturated rings. The van der Waals surface area contributed by atoms with E-state index in [9.17, 15) is 35.9 Å². The first kappa shape index (κ1) is 29.3. The molecule has 2 N–H and O–H groups in total. The summed E-state index contributed by atoms with van der Waals surface area (Å²) in [5.41, 5.74) is -1.49. The highest BCUT2D eigenvalue weighted by atomic mass is 19.4. The van der Waals surface area contributed by atoms with Crippen molar-refractivity contribution < 1.29 is 40.9 Å². The fourth-order valence-electron chi connectivity index (χ4n) is 3.62. The molecule has 2 aliphatic rings. The SMILES string of the molecule is O=C(C1=CCNC=N1)N(Cc1ccc(C(F)(F)F)cc1)ON(Cc1ccc(C(F)(F)F)cc1)C(=O)C1=CCNC=N1. The lowest BCUT2D eigenvalue weighted by atomic mass is 10.1. The molecule has 2 heterocycles. The van der Waals surface area contributed by atoms with Gasteiger partial charge in [0.15, 0.2) is 0 Å². The lowest BCUT2D eigenvalue weighted by molar-refractivity contribution is -0.301. The minimum absolute atomic E-state index is 0.0725. The molecule has 41 heavy (non-hydrogen) atoms. The van der Waals surface area contributed by atoms with E-state index in [1.165, 1.54) is 24.8 Å². The van der Waals surface area contributed by atoms with Crippen molar-refractivity contribution in [1.82, 2.24) is 20.8 Å². The normalized spacial score (nSPS) is 14.9. The van der Waals surface area contributed by atoms with E-state index in [2.05, 4.69) is 20.6 Å². The van der Waals surface area contributed by atoms with Crippen molar-refractivity contribution in [3.63, 3.8) is 0 Å². The molecule has 0 atom stereocenters. The Balaban J connectivity index is 1.65. The lowest BCUT2D eigenvalue weighted by Gasteiger charge is -2.29. The van der Waals surface area contributed by atoms with Gasteiger partial charge in [-0.15, -0.1) is 4.94 Å². The standard InChI is InChI=1S/C26H22F6N6O3/c27-25(28,29)19-5-1-17(2-6-19)13-37(23(39)21-9-11-33-15-35-21)41-38(24(40)22-10-12-34-16-36-22)14-18-3-7-20(8-4-18)26(30,31)32/h1-10,15-16H,11-14H2,(H,33,35)(H,34,36). The lowest BCUT2D eigenvalue weighted by Crippen LogP contribution is -2.43. The number of rotatable bonds is 8. The van der Waals surface area contributed by atoms with Gasteiger partial charge in [0.1, 0.15) is 11.4 Å². The second-order valence-electron chi connectivity index (χ2n) is 8.67. The Hall–Kier alpha value is -4.66. The summed E-state index contributed by atoms with van der Waals surface area (Å²) in [6.07, 6.45) is -3.74. The molecule has 4 rings (SSSR count).